The molecule has 4 heterocycles. The fourth-order valence-corrected chi connectivity index (χ4v) is 4.42. The number of rotatable bonds is 2. The van der Waals surface area contributed by atoms with Gasteiger partial charge in [-0.15, -0.1) is 0 Å². The molecule has 0 saturated carbocycles. The molecule has 1 aromatic heterocycles. The standard InChI is InChI=1S/C19H27N3O4/c1-12-8-13(2)10-22(9-12)19(24)17-20-14-11-21(6-5-15(14)26-17)18(23)16-4-3-7-25-16/h12-13,16H,3-11H2,1-2H3/t12-,13+,16-/m1/s1. The second kappa shape index (κ2) is 7.02. The predicted molar refractivity (Wildman–Crippen MR) is 93.4 cm³/mol. The molecular weight excluding hydrogens is 334 g/mol. The number of carbonyl (C=O) groups excluding carboxylic acids is 2. The van der Waals surface area contributed by atoms with Crippen LogP contribution in [0.4, 0.5) is 0 Å². The van der Waals surface area contributed by atoms with Crippen molar-refractivity contribution in [1.82, 2.24) is 14.8 Å². The monoisotopic (exact) mass is 361 g/mol. The van der Waals surface area contributed by atoms with Crippen LogP contribution in [0.1, 0.15) is 55.2 Å². The molecule has 3 atom stereocenters. The van der Waals surface area contributed by atoms with Crippen molar-refractivity contribution in [3.05, 3.63) is 17.3 Å². The van der Waals surface area contributed by atoms with Gasteiger partial charge in [-0.2, -0.15) is 0 Å². The van der Waals surface area contributed by atoms with Crippen LogP contribution in [-0.2, 0) is 22.5 Å². The molecule has 2 fully saturated rings. The summed E-state index contributed by atoms with van der Waals surface area (Å²) in [7, 11) is 0. The van der Waals surface area contributed by atoms with Crippen LogP contribution in [0.5, 0.6) is 0 Å². The van der Waals surface area contributed by atoms with Crippen molar-refractivity contribution in [3.8, 4) is 0 Å². The Kier molecular flexibility index (Phi) is 4.73. The first-order valence-electron chi connectivity index (χ1n) is 9.69. The third kappa shape index (κ3) is 3.37. The maximum absolute atomic E-state index is 12.8. The van der Waals surface area contributed by atoms with Gasteiger partial charge < -0.3 is 19.0 Å². The first kappa shape index (κ1) is 17.5. The summed E-state index contributed by atoms with van der Waals surface area (Å²) in [6, 6.07) is 0. The number of carbonyl (C=O) groups is 2. The van der Waals surface area contributed by atoms with Crippen LogP contribution >= 0.6 is 0 Å². The molecular formula is C19H27N3O4. The highest BCUT2D eigenvalue weighted by Crippen LogP contribution is 2.26. The van der Waals surface area contributed by atoms with Gasteiger partial charge in [-0.1, -0.05) is 13.8 Å². The van der Waals surface area contributed by atoms with Crippen molar-refractivity contribution in [2.75, 3.05) is 26.2 Å². The van der Waals surface area contributed by atoms with Gasteiger partial charge in [0.2, 0.25) is 0 Å². The Bertz CT molecular complexity index is 685. The van der Waals surface area contributed by atoms with E-state index in [0.717, 1.165) is 38.1 Å². The van der Waals surface area contributed by atoms with E-state index in [2.05, 4.69) is 18.8 Å². The number of hydrogen-bond acceptors (Lipinski definition) is 5. The summed E-state index contributed by atoms with van der Waals surface area (Å²) in [6.07, 6.45) is 3.15. The number of nitrogens with zero attached hydrogens (tertiary/aromatic N) is 3. The minimum Gasteiger partial charge on any atom is -0.437 e. The largest absolute Gasteiger partial charge is 0.437 e. The lowest BCUT2D eigenvalue weighted by Crippen LogP contribution is -2.42. The zero-order valence-electron chi connectivity index (χ0n) is 15.6. The van der Waals surface area contributed by atoms with E-state index in [0.29, 0.717) is 43.6 Å². The van der Waals surface area contributed by atoms with E-state index >= 15 is 0 Å². The molecule has 2 amide bonds. The molecule has 142 valence electrons. The van der Waals surface area contributed by atoms with Crippen molar-refractivity contribution >= 4 is 11.8 Å². The van der Waals surface area contributed by atoms with Crippen molar-refractivity contribution < 1.29 is 18.7 Å². The lowest BCUT2D eigenvalue weighted by molar-refractivity contribution is -0.142. The number of likely N-dealkylation sites (tertiary alicyclic amines) is 1. The maximum atomic E-state index is 12.8. The van der Waals surface area contributed by atoms with Gasteiger partial charge >= 0.3 is 5.91 Å². The quantitative estimate of drug-likeness (QED) is 0.804. The summed E-state index contributed by atoms with van der Waals surface area (Å²) in [5.41, 5.74) is 0.712. The third-order valence-corrected chi connectivity index (χ3v) is 5.58. The highest BCUT2D eigenvalue weighted by molar-refractivity contribution is 5.90. The highest BCUT2D eigenvalue weighted by atomic mass is 16.5. The molecule has 26 heavy (non-hydrogen) atoms. The van der Waals surface area contributed by atoms with Gasteiger partial charge in [0.25, 0.3) is 11.8 Å². The molecule has 0 aromatic carbocycles. The zero-order valence-corrected chi connectivity index (χ0v) is 15.6. The van der Waals surface area contributed by atoms with Gasteiger partial charge in [-0.25, -0.2) is 4.98 Å². The lowest BCUT2D eigenvalue weighted by Gasteiger charge is -2.34. The topological polar surface area (TPSA) is 75.9 Å². The summed E-state index contributed by atoms with van der Waals surface area (Å²) in [6.45, 7) is 7.49. The number of oxazole rings is 1. The Hall–Kier alpha value is -1.89. The van der Waals surface area contributed by atoms with Gasteiger partial charge in [0, 0.05) is 32.7 Å². The van der Waals surface area contributed by atoms with Crippen molar-refractivity contribution in [2.45, 2.75) is 52.2 Å². The van der Waals surface area contributed by atoms with Crippen LogP contribution in [0.15, 0.2) is 4.42 Å². The highest BCUT2D eigenvalue weighted by Gasteiger charge is 2.34. The summed E-state index contributed by atoms with van der Waals surface area (Å²) in [4.78, 5) is 33.4. The number of amides is 2. The van der Waals surface area contributed by atoms with Crippen LogP contribution in [0, 0.1) is 11.8 Å². The van der Waals surface area contributed by atoms with E-state index in [1.165, 1.54) is 0 Å². The second-order valence-corrected chi connectivity index (χ2v) is 8.06. The van der Waals surface area contributed by atoms with Crippen LogP contribution in [0.2, 0.25) is 0 Å². The molecule has 7 heteroatoms. The number of piperidine rings is 1. The zero-order chi connectivity index (χ0) is 18.3. The Balaban J connectivity index is 1.45. The Morgan fingerprint density at radius 1 is 1.15 bits per heavy atom. The van der Waals surface area contributed by atoms with E-state index < -0.39 is 0 Å². The molecule has 2 saturated heterocycles. The molecule has 0 unspecified atom stereocenters. The summed E-state index contributed by atoms with van der Waals surface area (Å²) >= 11 is 0. The molecule has 4 rings (SSSR count). The average molecular weight is 361 g/mol. The molecule has 0 N–H and O–H groups in total. The Morgan fingerprint density at radius 3 is 2.62 bits per heavy atom. The molecule has 0 spiro atoms. The minimum absolute atomic E-state index is 0.0303. The maximum Gasteiger partial charge on any atom is 0.309 e. The molecule has 0 radical (unpaired) electrons. The summed E-state index contributed by atoms with van der Waals surface area (Å²) in [5, 5.41) is 0. The van der Waals surface area contributed by atoms with E-state index in [4.69, 9.17) is 9.15 Å². The van der Waals surface area contributed by atoms with Crippen molar-refractivity contribution in [3.63, 3.8) is 0 Å². The lowest BCUT2D eigenvalue weighted by atomic mass is 9.92. The van der Waals surface area contributed by atoms with Gasteiger partial charge in [0.1, 0.15) is 17.6 Å². The van der Waals surface area contributed by atoms with Gasteiger partial charge in [0.05, 0.1) is 6.54 Å². The summed E-state index contributed by atoms with van der Waals surface area (Å²) in [5.74, 6) is 1.79. The van der Waals surface area contributed by atoms with E-state index in [1.54, 1.807) is 4.90 Å². The first-order chi connectivity index (χ1) is 12.5. The second-order valence-electron chi connectivity index (χ2n) is 8.06. The predicted octanol–water partition coefficient (Wildman–Crippen LogP) is 1.86. The number of fused-ring (bicyclic) bond motifs is 1. The fraction of sp³-hybridized carbons (Fsp3) is 0.737. The van der Waals surface area contributed by atoms with Crippen molar-refractivity contribution in [2.24, 2.45) is 11.8 Å². The molecule has 0 aliphatic carbocycles. The smallest absolute Gasteiger partial charge is 0.309 e. The molecule has 3 aliphatic rings. The number of aromatic nitrogens is 1. The fourth-order valence-electron chi connectivity index (χ4n) is 4.42. The van der Waals surface area contributed by atoms with E-state index in [-0.39, 0.29) is 23.8 Å². The van der Waals surface area contributed by atoms with Crippen LogP contribution < -0.4 is 0 Å². The summed E-state index contributed by atoms with van der Waals surface area (Å²) < 4.78 is 11.3. The van der Waals surface area contributed by atoms with Crippen molar-refractivity contribution in [1.29, 1.82) is 0 Å². The molecule has 1 aromatic rings. The molecule has 0 bridgehead atoms. The van der Waals surface area contributed by atoms with Gasteiger partial charge in [0.15, 0.2) is 0 Å². The third-order valence-electron chi connectivity index (χ3n) is 5.58. The minimum atomic E-state index is -0.319. The Morgan fingerprint density at radius 2 is 1.92 bits per heavy atom. The normalized spacial score (nSPS) is 28.9. The molecule has 7 nitrogen and oxygen atoms in total. The molecule has 3 aliphatic heterocycles. The van der Waals surface area contributed by atoms with E-state index in [1.807, 2.05) is 4.90 Å². The van der Waals surface area contributed by atoms with Gasteiger partial charge in [-0.05, 0) is 31.1 Å². The SMILES string of the molecule is C[C@@H]1C[C@H](C)CN(C(=O)c2nc3c(o2)CCN(C(=O)[C@H]2CCCO2)C3)C1. The first-order valence-corrected chi connectivity index (χ1v) is 9.69. The van der Waals surface area contributed by atoms with Crippen LogP contribution in [0.3, 0.4) is 0 Å². The number of hydrogen-bond donors (Lipinski definition) is 0. The average Bonchev–Trinajstić information content (AvgIpc) is 3.28. The Labute approximate surface area is 153 Å². The van der Waals surface area contributed by atoms with E-state index in [9.17, 15) is 9.59 Å². The van der Waals surface area contributed by atoms with Gasteiger partial charge in [-0.3, -0.25) is 9.59 Å². The van der Waals surface area contributed by atoms with Crippen LogP contribution in [0.25, 0.3) is 0 Å². The number of ether oxygens (including phenoxy) is 1. The van der Waals surface area contributed by atoms with Crippen LogP contribution in [-0.4, -0.2) is 58.9 Å².